The summed E-state index contributed by atoms with van der Waals surface area (Å²) in [5.41, 5.74) is 1.27. The van der Waals surface area contributed by atoms with Crippen LogP contribution in [0, 0.1) is 0 Å². The lowest BCUT2D eigenvalue weighted by atomic mass is 10.2. The van der Waals surface area contributed by atoms with E-state index in [4.69, 9.17) is 16.3 Å². The molecule has 0 aliphatic heterocycles. The Balaban J connectivity index is 2.32. The first-order chi connectivity index (χ1) is 9.96. The Morgan fingerprint density at radius 2 is 1.86 bits per heavy atom. The molecule has 0 saturated carbocycles. The predicted molar refractivity (Wildman–Crippen MR) is 87.9 cm³/mol. The van der Waals surface area contributed by atoms with E-state index < -0.39 is 10.0 Å². The second-order valence-electron chi connectivity index (χ2n) is 4.23. The molecule has 4 nitrogen and oxygen atoms in total. The van der Waals surface area contributed by atoms with E-state index in [1.165, 1.54) is 13.2 Å². The minimum atomic E-state index is -3.69. The number of methoxy groups -OCH3 is 1. The molecule has 0 heterocycles. The van der Waals surface area contributed by atoms with E-state index in [1.807, 2.05) is 0 Å². The van der Waals surface area contributed by atoms with Gasteiger partial charge in [0.15, 0.2) is 0 Å². The Kier molecular flexibility index (Phi) is 5.13. The normalized spacial score (nSPS) is 11.2. The summed E-state index contributed by atoms with van der Waals surface area (Å²) < 4.78 is 32.2. The van der Waals surface area contributed by atoms with Gasteiger partial charge in [-0.15, -0.1) is 0 Å². The van der Waals surface area contributed by atoms with Crippen LogP contribution in [0.15, 0.2) is 47.4 Å². The lowest BCUT2D eigenvalue weighted by molar-refractivity contribution is 0.415. The molecule has 0 aliphatic carbocycles. The predicted octanol–water partition coefficient (Wildman–Crippen LogP) is 4.04. The molecule has 0 radical (unpaired) electrons. The first-order valence-electron chi connectivity index (χ1n) is 5.97. The van der Waals surface area contributed by atoms with Crippen LogP contribution in [0.2, 0.25) is 5.02 Å². The van der Waals surface area contributed by atoms with Crippen molar-refractivity contribution in [2.75, 3.05) is 11.8 Å². The average molecular weight is 391 g/mol. The van der Waals surface area contributed by atoms with Crippen LogP contribution in [0.3, 0.4) is 0 Å². The van der Waals surface area contributed by atoms with E-state index >= 15 is 0 Å². The highest BCUT2D eigenvalue weighted by Gasteiger charge is 2.16. The van der Waals surface area contributed by atoms with Crippen LogP contribution in [-0.2, 0) is 15.4 Å². The quantitative estimate of drug-likeness (QED) is 0.784. The van der Waals surface area contributed by atoms with Gasteiger partial charge in [0.1, 0.15) is 5.75 Å². The van der Waals surface area contributed by atoms with Gasteiger partial charge in [-0.3, -0.25) is 4.72 Å². The molecule has 2 aromatic carbocycles. The zero-order valence-corrected chi connectivity index (χ0v) is 14.3. The number of rotatable bonds is 5. The Labute approximate surface area is 137 Å². The molecule has 0 aromatic heterocycles. The highest BCUT2D eigenvalue weighted by Crippen LogP contribution is 2.28. The maximum absolute atomic E-state index is 12.3. The number of halogens is 2. The fourth-order valence-electron chi connectivity index (χ4n) is 1.67. The third kappa shape index (κ3) is 3.90. The lowest BCUT2D eigenvalue weighted by Gasteiger charge is -2.11. The van der Waals surface area contributed by atoms with Crippen LogP contribution in [0.1, 0.15) is 5.56 Å². The van der Waals surface area contributed by atoms with E-state index in [2.05, 4.69) is 20.7 Å². The molecule has 0 bridgehead atoms. The maximum Gasteiger partial charge on any atom is 0.261 e. The van der Waals surface area contributed by atoms with Crippen molar-refractivity contribution in [3.63, 3.8) is 0 Å². The fourth-order valence-corrected chi connectivity index (χ4v) is 3.34. The van der Waals surface area contributed by atoms with Gasteiger partial charge in [0.25, 0.3) is 10.0 Å². The summed E-state index contributed by atoms with van der Waals surface area (Å²) in [6.07, 6.45) is 0. The van der Waals surface area contributed by atoms with Gasteiger partial charge in [0.05, 0.1) is 22.7 Å². The van der Waals surface area contributed by atoms with E-state index in [0.29, 0.717) is 16.1 Å². The summed E-state index contributed by atoms with van der Waals surface area (Å²) in [6, 6.07) is 11.4. The Hall–Kier alpha value is -1.24. The molecule has 0 aliphatic rings. The van der Waals surface area contributed by atoms with E-state index in [0.717, 1.165) is 5.56 Å². The largest absolute Gasteiger partial charge is 0.497 e. The van der Waals surface area contributed by atoms with Crippen LogP contribution in [0.4, 0.5) is 5.69 Å². The Morgan fingerprint density at radius 3 is 2.43 bits per heavy atom. The molecular formula is C14H13BrClNO3S. The topological polar surface area (TPSA) is 55.4 Å². The molecule has 0 unspecified atom stereocenters. The van der Waals surface area contributed by atoms with Crippen molar-refractivity contribution in [3.8, 4) is 5.75 Å². The minimum Gasteiger partial charge on any atom is -0.497 e. The summed E-state index contributed by atoms with van der Waals surface area (Å²) in [6.45, 7) is 0. The van der Waals surface area contributed by atoms with E-state index in [-0.39, 0.29) is 10.6 Å². The molecule has 0 atom stereocenters. The molecular weight excluding hydrogens is 378 g/mol. The monoisotopic (exact) mass is 389 g/mol. The molecule has 0 fully saturated rings. The summed E-state index contributed by atoms with van der Waals surface area (Å²) in [5, 5.41) is 0.971. The number of anilines is 1. The van der Waals surface area contributed by atoms with Crippen molar-refractivity contribution in [2.45, 2.75) is 10.2 Å². The fraction of sp³-hybridized carbons (Fsp3) is 0.143. The molecule has 0 spiro atoms. The number of alkyl halides is 1. The molecule has 112 valence electrons. The van der Waals surface area contributed by atoms with Crippen molar-refractivity contribution in [1.29, 1.82) is 0 Å². The Bertz CT molecular complexity index is 732. The number of ether oxygens (including phenoxy) is 1. The molecule has 0 saturated heterocycles. The SMILES string of the molecule is COc1ccc(Cl)c(NS(=O)(=O)c2ccc(CBr)cc2)c1. The highest BCUT2D eigenvalue weighted by molar-refractivity contribution is 9.08. The molecule has 0 amide bonds. The van der Waals surface area contributed by atoms with Gasteiger partial charge < -0.3 is 4.74 Å². The van der Waals surface area contributed by atoms with Crippen molar-refractivity contribution in [1.82, 2.24) is 0 Å². The minimum absolute atomic E-state index is 0.172. The maximum atomic E-state index is 12.3. The van der Waals surface area contributed by atoms with Crippen molar-refractivity contribution in [3.05, 3.63) is 53.1 Å². The van der Waals surface area contributed by atoms with Crippen LogP contribution < -0.4 is 9.46 Å². The summed E-state index contributed by atoms with van der Waals surface area (Å²) in [4.78, 5) is 0.172. The molecule has 21 heavy (non-hydrogen) atoms. The van der Waals surface area contributed by atoms with Crippen molar-refractivity contribution in [2.24, 2.45) is 0 Å². The van der Waals surface area contributed by atoms with E-state index in [9.17, 15) is 8.42 Å². The van der Waals surface area contributed by atoms with Gasteiger partial charge in [-0.1, -0.05) is 39.7 Å². The summed E-state index contributed by atoms with van der Waals surface area (Å²) >= 11 is 9.32. The van der Waals surface area contributed by atoms with Gasteiger partial charge in [-0.2, -0.15) is 0 Å². The third-order valence-corrected chi connectivity index (χ3v) is 5.16. The van der Waals surface area contributed by atoms with Crippen LogP contribution >= 0.6 is 27.5 Å². The van der Waals surface area contributed by atoms with Gasteiger partial charge in [-0.05, 0) is 29.8 Å². The molecule has 2 rings (SSSR count). The average Bonchev–Trinajstić information content (AvgIpc) is 2.49. The van der Waals surface area contributed by atoms with Crippen LogP contribution in [0.25, 0.3) is 0 Å². The van der Waals surface area contributed by atoms with Gasteiger partial charge in [0, 0.05) is 11.4 Å². The van der Waals surface area contributed by atoms with E-state index in [1.54, 1.807) is 36.4 Å². The standard InChI is InChI=1S/C14H13BrClNO3S/c1-20-11-4-7-13(16)14(8-11)17-21(18,19)12-5-2-10(9-15)3-6-12/h2-8,17H,9H2,1H3. The third-order valence-electron chi connectivity index (χ3n) is 2.81. The van der Waals surface area contributed by atoms with Crippen molar-refractivity contribution < 1.29 is 13.2 Å². The lowest BCUT2D eigenvalue weighted by Crippen LogP contribution is -2.13. The number of hydrogen-bond acceptors (Lipinski definition) is 3. The zero-order valence-electron chi connectivity index (χ0n) is 11.1. The van der Waals surface area contributed by atoms with Crippen LogP contribution in [0.5, 0.6) is 5.75 Å². The summed E-state index contributed by atoms with van der Waals surface area (Å²) in [5.74, 6) is 0.520. The number of sulfonamides is 1. The highest BCUT2D eigenvalue weighted by atomic mass is 79.9. The number of nitrogens with one attached hydrogen (secondary N) is 1. The van der Waals surface area contributed by atoms with Gasteiger partial charge in [-0.25, -0.2) is 8.42 Å². The second-order valence-corrected chi connectivity index (χ2v) is 6.88. The zero-order chi connectivity index (χ0) is 15.5. The molecule has 2 aromatic rings. The van der Waals surface area contributed by atoms with Crippen LogP contribution in [-0.4, -0.2) is 15.5 Å². The Morgan fingerprint density at radius 1 is 1.19 bits per heavy atom. The van der Waals surface area contributed by atoms with Gasteiger partial charge >= 0.3 is 0 Å². The number of hydrogen-bond donors (Lipinski definition) is 1. The summed E-state index contributed by atoms with van der Waals surface area (Å²) in [7, 11) is -2.19. The molecule has 1 N–H and O–H groups in total. The first kappa shape index (κ1) is 16.1. The second kappa shape index (κ2) is 6.68. The number of benzene rings is 2. The van der Waals surface area contributed by atoms with Gasteiger partial charge in [0.2, 0.25) is 0 Å². The molecule has 7 heteroatoms. The first-order valence-corrected chi connectivity index (χ1v) is 8.96. The van der Waals surface area contributed by atoms with Crippen molar-refractivity contribution >= 4 is 43.2 Å². The smallest absolute Gasteiger partial charge is 0.261 e.